The molecule has 1 rings (SSSR count). The van der Waals surface area contributed by atoms with Crippen LogP contribution in [0.4, 0.5) is 5.69 Å². The van der Waals surface area contributed by atoms with E-state index in [-0.39, 0.29) is 11.6 Å². The van der Waals surface area contributed by atoms with Crippen LogP contribution in [0, 0.1) is 0 Å². The summed E-state index contributed by atoms with van der Waals surface area (Å²) >= 11 is 8.65. The molecule has 1 aromatic carbocycles. The lowest BCUT2D eigenvalue weighted by molar-refractivity contribution is 0.412. The van der Waals surface area contributed by atoms with Gasteiger partial charge in [0.05, 0.1) is 17.3 Å². The van der Waals surface area contributed by atoms with E-state index in [1.807, 2.05) is 0 Å². The lowest BCUT2D eigenvalue weighted by Gasteiger charge is -2.08. The van der Waals surface area contributed by atoms with Gasteiger partial charge in [-0.1, -0.05) is 0 Å². The van der Waals surface area contributed by atoms with Gasteiger partial charge in [-0.3, -0.25) is 4.72 Å². The number of alkyl halides is 1. The van der Waals surface area contributed by atoms with E-state index >= 15 is 0 Å². The first-order valence-corrected chi connectivity index (χ1v) is 7.36. The molecule has 0 heterocycles. The first-order valence-electron chi connectivity index (χ1n) is 4.38. The number of benzene rings is 1. The lowest BCUT2D eigenvalue weighted by atomic mass is 10.3. The maximum absolute atomic E-state index is 11.4. The molecule has 0 saturated carbocycles. The SMILES string of the molecule is COc1ccc(NS(=O)(=O)CCCl)cc1Br. The summed E-state index contributed by atoms with van der Waals surface area (Å²) in [5.41, 5.74) is 0.470. The van der Waals surface area contributed by atoms with Gasteiger partial charge in [-0.25, -0.2) is 8.42 Å². The Kier molecular flexibility index (Phi) is 4.89. The summed E-state index contributed by atoms with van der Waals surface area (Å²) < 4.78 is 31.0. The quantitative estimate of drug-likeness (QED) is 0.845. The summed E-state index contributed by atoms with van der Waals surface area (Å²) in [7, 11) is -1.83. The Morgan fingerprint density at radius 2 is 2.19 bits per heavy atom. The number of halogens is 2. The topological polar surface area (TPSA) is 55.4 Å². The van der Waals surface area contributed by atoms with Gasteiger partial charge in [0.1, 0.15) is 5.75 Å². The number of anilines is 1. The highest BCUT2D eigenvalue weighted by Crippen LogP contribution is 2.28. The number of hydrogen-bond donors (Lipinski definition) is 1. The predicted octanol–water partition coefficient (Wildman–Crippen LogP) is 2.44. The van der Waals surface area contributed by atoms with Gasteiger partial charge in [0.25, 0.3) is 0 Å². The first-order chi connectivity index (χ1) is 7.48. The molecule has 7 heteroatoms. The molecule has 0 bridgehead atoms. The molecule has 0 aliphatic carbocycles. The Morgan fingerprint density at radius 1 is 1.50 bits per heavy atom. The molecule has 1 aromatic rings. The van der Waals surface area contributed by atoms with Crippen LogP contribution in [-0.4, -0.2) is 27.2 Å². The van der Waals surface area contributed by atoms with Crippen molar-refractivity contribution in [3.63, 3.8) is 0 Å². The minimum absolute atomic E-state index is 0.0622. The van der Waals surface area contributed by atoms with E-state index in [1.165, 1.54) is 7.11 Å². The summed E-state index contributed by atoms with van der Waals surface area (Å²) in [6.45, 7) is 0. The molecule has 0 aromatic heterocycles. The minimum atomic E-state index is -3.36. The van der Waals surface area contributed by atoms with E-state index in [4.69, 9.17) is 16.3 Å². The number of nitrogens with one attached hydrogen (secondary N) is 1. The van der Waals surface area contributed by atoms with Crippen LogP contribution in [0.3, 0.4) is 0 Å². The van der Waals surface area contributed by atoms with Gasteiger partial charge in [-0.2, -0.15) is 0 Å². The third kappa shape index (κ3) is 3.84. The Labute approximate surface area is 108 Å². The molecule has 0 aliphatic rings. The smallest absolute Gasteiger partial charge is 0.233 e. The van der Waals surface area contributed by atoms with E-state index in [0.29, 0.717) is 15.9 Å². The van der Waals surface area contributed by atoms with Crippen LogP contribution in [0.15, 0.2) is 22.7 Å². The molecule has 0 saturated heterocycles. The Bertz CT molecular complexity index is 464. The van der Waals surface area contributed by atoms with Crippen LogP contribution in [-0.2, 0) is 10.0 Å². The highest BCUT2D eigenvalue weighted by molar-refractivity contribution is 9.10. The van der Waals surface area contributed by atoms with Gasteiger partial charge in [0.15, 0.2) is 0 Å². The summed E-state index contributed by atoms with van der Waals surface area (Å²) in [6, 6.07) is 4.92. The average Bonchev–Trinajstić information content (AvgIpc) is 2.17. The summed E-state index contributed by atoms with van der Waals surface area (Å²) in [4.78, 5) is 0. The second-order valence-corrected chi connectivity index (χ2v) is 6.03. The fourth-order valence-corrected chi connectivity index (χ4v) is 3.00. The van der Waals surface area contributed by atoms with Crippen LogP contribution in [0.2, 0.25) is 0 Å². The van der Waals surface area contributed by atoms with Crippen molar-refractivity contribution >= 4 is 43.2 Å². The third-order valence-electron chi connectivity index (χ3n) is 1.77. The summed E-state index contributed by atoms with van der Waals surface area (Å²) in [6.07, 6.45) is 0. The molecule has 0 atom stereocenters. The molecule has 16 heavy (non-hydrogen) atoms. The van der Waals surface area contributed by atoms with Crippen LogP contribution in [0.5, 0.6) is 5.75 Å². The Hall–Kier alpha value is -0.460. The van der Waals surface area contributed by atoms with Crippen molar-refractivity contribution in [3.8, 4) is 5.75 Å². The molecule has 0 fully saturated rings. The molecular formula is C9H11BrClNO3S. The molecular weight excluding hydrogens is 318 g/mol. The van der Waals surface area contributed by atoms with Crippen molar-refractivity contribution < 1.29 is 13.2 Å². The lowest BCUT2D eigenvalue weighted by Crippen LogP contribution is -2.17. The summed E-state index contributed by atoms with van der Waals surface area (Å²) in [5.74, 6) is 0.588. The van der Waals surface area contributed by atoms with Crippen molar-refractivity contribution in [3.05, 3.63) is 22.7 Å². The van der Waals surface area contributed by atoms with Gasteiger partial charge >= 0.3 is 0 Å². The number of ether oxygens (including phenoxy) is 1. The molecule has 0 aliphatic heterocycles. The highest BCUT2D eigenvalue weighted by atomic mass is 79.9. The van der Waals surface area contributed by atoms with Crippen molar-refractivity contribution in [1.29, 1.82) is 0 Å². The van der Waals surface area contributed by atoms with E-state index < -0.39 is 10.0 Å². The second kappa shape index (κ2) is 5.75. The van der Waals surface area contributed by atoms with E-state index in [9.17, 15) is 8.42 Å². The number of sulfonamides is 1. The Morgan fingerprint density at radius 3 is 2.69 bits per heavy atom. The zero-order valence-electron chi connectivity index (χ0n) is 8.54. The molecule has 1 N–H and O–H groups in total. The van der Waals surface area contributed by atoms with Crippen molar-refractivity contribution in [2.75, 3.05) is 23.5 Å². The standard InChI is InChI=1S/C9H11BrClNO3S/c1-15-9-3-2-7(6-8(9)10)12-16(13,14)5-4-11/h2-3,6,12H,4-5H2,1H3. The number of hydrogen-bond acceptors (Lipinski definition) is 3. The van der Waals surface area contributed by atoms with Crippen LogP contribution in [0.25, 0.3) is 0 Å². The van der Waals surface area contributed by atoms with Gasteiger partial charge in [-0.05, 0) is 34.1 Å². The Balaban J connectivity index is 2.87. The minimum Gasteiger partial charge on any atom is -0.496 e. The third-order valence-corrected chi connectivity index (χ3v) is 4.09. The first kappa shape index (κ1) is 13.6. The molecule has 90 valence electrons. The van der Waals surface area contributed by atoms with Gasteiger partial charge in [0, 0.05) is 11.6 Å². The predicted molar refractivity (Wildman–Crippen MR) is 68.8 cm³/mol. The molecule has 0 radical (unpaired) electrons. The molecule has 4 nitrogen and oxygen atoms in total. The largest absolute Gasteiger partial charge is 0.496 e. The van der Waals surface area contributed by atoms with Crippen molar-refractivity contribution in [1.82, 2.24) is 0 Å². The van der Waals surface area contributed by atoms with Crippen LogP contribution >= 0.6 is 27.5 Å². The molecule has 0 unspecified atom stereocenters. The van der Waals surface area contributed by atoms with Crippen LogP contribution in [0.1, 0.15) is 0 Å². The van der Waals surface area contributed by atoms with E-state index in [2.05, 4.69) is 20.7 Å². The summed E-state index contributed by atoms with van der Waals surface area (Å²) in [5, 5.41) is 0. The second-order valence-electron chi connectivity index (χ2n) is 2.96. The maximum Gasteiger partial charge on any atom is 0.233 e. The number of methoxy groups -OCH3 is 1. The fourth-order valence-electron chi connectivity index (χ4n) is 1.06. The molecule has 0 spiro atoms. The maximum atomic E-state index is 11.4. The van der Waals surface area contributed by atoms with E-state index in [0.717, 1.165) is 0 Å². The normalized spacial score (nSPS) is 11.2. The van der Waals surface area contributed by atoms with Gasteiger partial charge in [-0.15, -0.1) is 11.6 Å². The zero-order chi connectivity index (χ0) is 12.2. The van der Waals surface area contributed by atoms with Gasteiger partial charge < -0.3 is 4.74 Å². The van der Waals surface area contributed by atoms with E-state index in [1.54, 1.807) is 18.2 Å². The van der Waals surface area contributed by atoms with Crippen LogP contribution < -0.4 is 9.46 Å². The van der Waals surface area contributed by atoms with Crippen molar-refractivity contribution in [2.24, 2.45) is 0 Å². The fraction of sp³-hybridized carbons (Fsp3) is 0.333. The monoisotopic (exact) mass is 327 g/mol. The van der Waals surface area contributed by atoms with Gasteiger partial charge in [0.2, 0.25) is 10.0 Å². The molecule has 0 amide bonds. The highest BCUT2D eigenvalue weighted by Gasteiger charge is 2.10. The number of rotatable bonds is 5. The van der Waals surface area contributed by atoms with Crippen molar-refractivity contribution in [2.45, 2.75) is 0 Å². The average molecular weight is 329 g/mol. The zero-order valence-corrected chi connectivity index (χ0v) is 11.7.